The number of nitrogens with one attached hydrogen (secondary N) is 1. The number of nitrogens with two attached hydrogens (primary N) is 2. The van der Waals surface area contributed by atoms with Gasteiger partial charge in [-0.25, -0.2) is 4.39 Å². The minimum absolute atomic E-state index is 0.0343. The molecular formula is C22H27FN6O4S. The largest absolute Gasteiger partial charge is 0.467 e. The van der Waals surface area contributed by atoms with Crippen LogP contribution in [0.4, 0.5) is 4.39 Å². The van der Waals surface area contributed by atoms with Crippen LogP contribution < -0.4 is 16.8 Å². The molecule has 1 aromatic carbocycles. The smallest absolute Gasteiger partial charge is 0.263 e. The molecule has 2 aromatic heterocycles. The second kappa shape index (κ2) is 11.3. The predicted octanol–water partition coefficient (Wildman–Crippen LogP) is 1.90. The van der Waals surface area contributed by atoms with E-state index in [0.717, 1.165) is 5.56 Å². The number of hydrogen-bond acceptors (Lipinski definition) is 8. The van der Waals surface area contributed by atoms with Crippen molar-refractivity contribution in [2.45, 2.75) is 49.2 Å². The molecule has 0 radical (unpaired) electrons. The van der Waals surface area contributed by atoms with Crippen molar-refractivity contribution >= 4 is 23.6 Å². The summed E-state index contributed by atoms with van der Waals surface area (Å²) in [6.45, 7) is 3.59. The van der Waals surface area contributed by atoms with Gasteiger partial charge in [0.2, 0.25) is 11.4 Å². The summed E-state index contributed by atoms with van der Waals surface area (Å²) < 4.78 is 26.9. The minimum Gasteiger partial charge on any atom is -0.467 e. The molecule has 0 saturated carbocycles. The number of thioether (sulfide) groups is 1. The molecule has 0 bridgehead atoms. The first-order valence-corrected chi connectivity index (χ1v) is 11.3. The molecule has 0 aliphatic carbocycles. The molecule has 3 aromatic rings. The van der Waals surface area contributed by atoms with Gasteiger partial charge in [0.1, 0.15) is 11.8 Å². The second-order valence-corrected chi connectivity index (χ2v) is 9.11. The van der Waals surface area contributed by atoms with E-state index >= 15 is 0 Å². The van der Waals surface area contributed by atoms with E-state index in [-0.39, 0.29) is 24.1 Å². The maximum atomic E-state index is 14.1. The molecule has 2 amide bonds. The van der Waals surface area contributed by atoms with Gasteiger partial charge >= 0.3 is 0 Å². The lowest BCUT2D eigenvalue weighted by Gasteiger charge is -2.24. The Morgan fingerprint density at radius 3 is 2.59 bits per heavy atom. The highest BCUT2D eigenvalue weighted by molar-refractivity contribution is 8.00. The number of aromatic nitrogens is 3. The van der Waals surface area contributed by atoms with Crippen LogP contribution in [0.25, 0.3) is 0 Å². The number of benzene rings is 1. The van der Waals surface area contributed by atoms with Gasteiger partial charge in [0.15, 0.2) is 11.0 Å². The van der Waals surface area contributed by atoms with E-state index in [1.54, 1.807) is 30.5 Å². The molecule has 3 rings (SSSR count). The Hall–Kier alpha value is -3.22. The van der Waals surface area contributed by atoms with Crippen LogP contribution in [0.15, 0.2) is 58.3 Å². The molecule has 34 heavy (non-hydrogen) atoms. The van der Waals surface area contributed by atoms with Gasteiger partial charge in [0.05, 0.1) is 31.6 Å². The van der Waals surface area contributed by atoms with Crippen LogP contribution in [-0.2, 0) is 27.5 Å². The van der Waals surface area contributed by atoms with E-state index < -0.39 is 28.9 Å². The summed E-state index contributed by atoms with van der Waals surface area (Å²) in [7, 11) is 0. The molecular weight excluding hydrogens is 463 g/mol. The van der Waals surface area contributed by atoms with Gasteiger partial charge in [-0.3, -0.25) is 14.2 Å². The number of furan rings is 1. The molecule has 0 aliphatic rings. The number of ether oxygens (including phenoxy) is 1. The van der Waals surface area contributed by atoms with Crippen molar-refractivity contribution in [3.05, 3.63) is 65.9 Å². The summed E-state index contributed by atoms with van der Waals surface area (Å²) in [5.41, 5.74) is 8.78. The van der Waals surface area contributed by atoms with Crippen LogP contribution in [-0.4, -0.2) is 44.2 Å². The average Bonchev–Trinajstić information content (AvgIpc) is 3.44. The van der Waals surface area contributed by atoms with E-state index in [1.165, 1.54) is 6.26 Å². The van der Waals surface area contributed by atoms with E-state index in [1.807, 2.05) is 30.3 Å². The van der Waals surface area contributed by atoms with Crippen LogP contribution in [0.3, 0.4) is 0 Å². The number of hydrogen-bond donors (Lipinski definition) is 3. The van der Waals surface area contributed by atoms with E-state index in [2.05, 4.69) is 15.5 Å². The maximum absolute atomic E-state index is 14.1. The molecule has 0 saturated heterocycles. The van der Waals surface area contributed by atoms with Crippen LogP contribution in [0.1, 0.15) is 37.0 Å². The molecule has 0 aliphatic heterocycles. The number of alkyl halides is 1. The monoisotopic (exact) mass is 490 g/mol. The fraction of sp³-hybridized carbons (Fsp3) is 0.364. The molecule has 0 spiro atoms. The molecule has 5 N–H and O–H groups in total. The van der Waals surface area contributed by atoms with E-state index in [4.69, 9.17) is 20.6 Å². The molecule has 0 fully saturated rings. The summed E-state index contributed by atoms with van der Waals surface area (Å²) in [5, 5.41) is 11.1. The summed E-state index contributed by atoms with van der Waals surface area (Å²) >= 11 is 0.512. The molecule has 12 heteroatoms. The molecule has 1 unspecified atom stereocenters. The summed E-state index contributed by atoms with van der Waals surface area (Å²) in [6.07, 6.45) is 1.49. The van der Waals surface area contributed by atoms with Gasteiger partial charge in [-0.2, -0.15) is 0 Å². The first-order chi connectivity index (χ1) is 16.1. The lowest BCUT2D eigenvalue weighted by Crippen LogP contribution is -2.51. The normalized spacial score (nSPS) is 13.4. The van der Waals surface area contributed by atoms with Crippen LogP contribution in [0.5, 0.6) is 0 Å². The molecule has 2 heterocycles. The van der Waals surface area contributed by atoms with Crippen molar-refractivity contribution in [1.82, 2.24) is 20.1 Å². The predicted molar refractivity (Wildman–Crippen MR) is 123 cm³/mol. The van der Waals surface area contributed by atoms with Crippen molar-refractivity contribution in [3.8, 4) is 0 Å². The third-order valence-corrected chi connectivity index (χ3v) is 5.62. The van der Waals surface area contributed by atoms with Gasteiger partial charge in [-0.05, 0) is 43.3 Å². The highest BCUT2D eigenvalue weighted by Gasteiger charge is 2.30. The number of carbonyl (C=O) groups excluding carboxylic acids is 2. The maximum Gasteiger partial charge on any atom is 0.263 e. The zero-order chi connectivity index (χ0) is 24.7. The Bertz CT molecular complexity index is 1080. The van der Waals surface area contributed by atoms with E-state index in [0.29, 0.717) is 24.1 Å². The number of amides is 2. The first kappa shape index (κ1) is 25.4. The third kappa shape index (κ3) is 6.89. The summed E-state index contributed by atoms with van der Waals surface area (Å²) in [5.74, 6) is -0.767. The highest BCUT2D eigenvalue weighted by atomic mass is 32.2. The number of halogens is 1. The van der Waals surface area contributed by atoms with Crippen molar-refractivity contribution < 1.29 is 23.1 Å². The lowest BCUT2D eigenvalue weighted by atomic mass is 10.1. The standard InChI is InChI=1S/C22H27FN6O4S/c1-22(2,25)20(31)26-16(13-32-12-14-7-4-3-5-8-14)19-27-28-21(34-17(23)18(24)30)29(19)11-15-9-6-10-33-15/h3-10,16-17H,11-13,25H2,1-2H3,(H2,24,30)(H,26,31)/t16-,17?/m1/s1. The lowest BCUT2D eigenvalue weighted by molar-refractivity contribution is -0.126. The van der Waals surface area contributed by atoms with Crippen molar-refractivity contribution in [2.24, 2.45) is 11.5 Å². The van der Waals surface area contributed by atoms with Gasteiger partial charge < -0.3 is 25.9 Å². The number of nitrogens with zero attached hydrogens (tertiary/aromatic N) is 3. The fourth-order valence-electron chi connectivity index (χ4n) is 2.90. The van der Waals surface area contributed by atoms with Crippen LogP contribution >= 0.6 is 11.8 Å². The van der Waals surface area contributed by atoms with Crippen molar-refractivity contribution in [2.75, 3.05) is 6.61 Å². The summed E-state index contributed by atoms with van der Waals surface area (Å²) in [6, 6.07) is 12.2. The van der Waals surface area contributed by atoms with Gasteiger partial charge in [0.25, 0.3) is 5.91 Å². The Labute approximate surface area is 200 Å². The number of primary amides is 1. The quantitative estimate of drug-likeness (QED) is 0.326. The number of carbonyl (C=O) groups is 2. The highest BCUT2D eigenvalue weighted by Crippen LogP contribution is 2.27. The molecule has 10 nitrogen and oxygen atoms in total. The van der Waals surface area contributed by atoms with Crippen LogP contribution in [0, 0.1) is 0 Å². The van der Waals surface area contributed by atoms with Crippen molar-refractivity contribution in [1.29, 1.82) is 0 Å². The fourth-order valence-corrected chi connectivity index (χ4v) is 3.57. The first-order valence-electron chi connectivity index (χ1n) is 10.4. The van der Waals surface area contributed by atoms with Gasteiger partial charge in [0, 0.05) is 0 Å². The summed E-state index contributed by atoms with van der Waals surface area (Å²) in [4.78, 5) is 24.0. The minimum atomic E-state index is -2.03. The zero-order valence-corrected chi connectivity index (χ0v) is 19.6. The zero-order valence-electron chi connectivity index (χ0n) is 18.8. The average molecular weight is 491 g/mol. The topological polar surface area (TPSA) is 151 Å². The molecule has 182 valence electrons. The Kier molecular flexibility index (Phi) is 8.42. The Morgan fingerprint density at radius 1 is 1.24 bits per heavy atom. The number of rotatable bonds is 12. The van der Waals surface area contributed by atoms with Crippen LogP contribution in [0.2, 0.25) is 0 Å². The van der Waals surface area contributed by atoms with Gasteiger partial charge in [-0.15, -0.1) is 10.2 Å². The van der Waals surface area contributed by atoms with Gasteiger partial charge in [-0.1, -0.05) is 30.3 Å². The SMILES string of the molecule is CC(C)(N)C(=O)N[C@H](COCc1ccccc1)c1nnc(SC(F)C(N)=O)n1Cc1ccco1. The second-order valence-electron chi connectivity index (χ2n) is 8.09. The van der Waals surface area contributed by atoms with E-state index in [9.17, 15) is 14.0 Å². The Balaban J connectivity index is 1.90. The molecule has 2 atom stereocenters. The van der Waals surface area contributed by atoms with Crippen molar-refractivity contribution in [3.63, 3.8) is 0 Å². The Morgan fingerprint density at radius 2 is 1.97 bits per heavy atom. The third-order valence-electron chi connectivity index (χ3n) is 4.67.